The van der Waals surface area contributed by atoms with Gasteiger partial charge in [0.25, 0.3) is 0 Å². The number of nitrogens with two attached hydrogens (primary N) is 1. The molecule has 5 saturated heterocycles. The molecule has 88 heavy (non-hydrogen) atoms. The molecule has 5 aliphatic heterocycles. The van der Waals surface area contributed by atoms with E-state index in [1.807, 2.05) is 0 Å². The topological polar surface area (TPSA) is 410 Å². The van der Waals surface area contributed by atoms with E-state index in [-0.39, 0.29) is 71.9 Å². The molecule has 5 fully saturated rings. The summed E-state index contributed by atoms with van der Waals surface area (Å²) in [6, 6.07) is 3.04. The van der Waals surface area contributed by atoms with Crippen LogP contribution in [0.5, 0.6) is 17.2 Å². The second-order valence-corrected chi connectivity index (χ2v) is 24.3. The third-order valence-electron chi connectivity index (χ3n) is 17.0. The molecular formula is C59H87N3O26. The van der Waals surface area contributed by atoms with Gasteiger partial charge in [0, 0.05) is 65.2 Å². The summed E-state index contributed by atoms with van der Waals surface area (Å²) in [6.07, 6.45) is -25.9. The highest BCUT2D eigenvalue weighted by Crippen LogP contribution is 2.46. The lowest BCUT2D eigenvalue weighted by atomic mass is 9.74. The summed E-state index contributed by atoms with van der Waals surface area (Å²) in [5, 5.41) is 95.0. The molecule has 494 valence electrons. The Morgan fingerprint density at radius 3 is 1.88 bits per heavy atom. The van der Waals surface area contributed by atoms with Crippen molar-refractivity contribution in [3.05, 3.63) is 29.3 Å². The van der Waals surface area contributed by atoms with Crippen LogP contribution < -0.4 is 15.9 Å². The standard InChI is InChI=1S/C59H87N3O26/c1-22(2)57(72)88-56-28(8)81-43(21-59(56,10)74)85-37-18-41(77-24(4)49(37)69)84-36-19-42(78-25(5)48(36)68)87-55-33(54(76-12)46(47(67)23(3)63)61-62-58(60)73)15-31-13-30-14-32(16-34(65)44(30)50(70)45(31)51(55)71)83-40-20-38(82-29(9)64)53(27(7)80-40)86-39-17-35(66)52(75-11)26(6)79-39/h13-14,16,22-28,33,35-43,47-49,52-56,63,65-70,74H,15,17-21H2,1-12H3,(H3,60,62,73)/b61-46+. The maximum Gasteiger partial charge on any atom is 0.332 e. The number of aliphatic hydroxyl groups excluding tert-OH is 5. The molecule has 0 spiro atoms. The minimum Gasteiger partial charge on any atom is -0.507 e. The van der Waals surface area contributed by atoms with Gasteiger partial charge in [-0.1, -0.05) is 13.8 Å². The van der Waals surface area contributed by atoms with Crippen LogP contribution in [0, 0.1) is 11.8 Å². The number of aliphatic hydroxyl groups is 6. The Bertz CT molecular complexity index is 2790. The van der Waals surface area contributed by atoms with Crippen LogP contribution in [0.4, 0.5) is 4.79 Å². The number of benzene rings is 2. The van der Waals surface area contributed by atoms with Crippen molar-refractivity contribution < 1.29 is 126 Å². The first-order valence-corrected chi connectivity index (χ1v) is 29.7. The fourth-order valence-corrected chi connectivity index (χ4v) is 12.6. The van der Waals surface area contributed by atoms with Crippen LogP contribution in [-0.2, 0) is 77.6 Å². The second-order valence-electron chi connectivity index (χ2n) is 24.3. The molecule has 11 N–H and O–H groups in total. The summed E-state index contributed by atoms with van der Waals surface area (Å²) in [4.78, 5) is 52.3. The van der Waals surface area contributed by atoms with Crippen LogP contribution in [0.3, 0.4) is 0 Å². The van der Waals surface area contributed by atoms with E-state index in [1.54, 1.807) is 41.5 Å². The number of rotatable bonds is 20. The number of Topliss-reactive ketones (excluding diaryl/α,β-unsaturated/α-hetero) is 1. The number of hydrogen-bond acceptors (Lipinski definition) is 27. The van der Waals surface area contributed by atoms with Gasteiger partial charge in [-0.3, -0.25) is 14.4 Å². The van der Waals surface area contributed by atoms with E-state index in [1.165, 1.54) is 60.1 Å². The number of urea groups is 1. The number of ether oxygens (including phenoxy) is 14. The molecule has 8 rings (SSSR count). The Morgan fingerprint density at radius 2 is 1.31 bits per heavy atom. The van der Waals surface area contributed by atoms with E-state index >= 15 is 4.79 Å². The van der Waals surface area contributed by atoms with Crippen LogP contribution in [-0.4, -0.2) is 231 Å². The second kappa shape index (κ2) is 28.6. The summed E-state index contributed by atoms with van der Waals surface area (Å²) in [6.45, 7) is 15.5. The molecule has 2 aromatic carbocycles. The van der Waals surface area contributed by atoms with Gasteiger partial charge in [0.05, 0.1) is 77.5 Å². The number of fused-ring (bicyclic) bond motifs is 2. The van der Waals surface area contributed by atoms with Gasteiger partial charge < -0.3 is 113 Å². The van der Waals surface area contributed by atoms with E-state index < -0.39 is 194 Å². The molecule has 5 heterocycles. The number of ketones is 1. The fraction of sp³-hybridized carbons (Fsp3) is 0.746. The first-order valence-electron chi connectivity index (χ1n) is 29.7. The van der Waals surface area contributed by atoms with E-state index in [2.05, 4.69) is 10.5 Å². The molecule has 29 nitrogen and oxygen atoms in total. The largest absolute Gasteiger partial charge is 0.507 e. The van der Waals surface area contributed by atoms with Crippen molar-refractivity contribution in [3.8, 4) is 17.2 Å². The first-order chi connectivity index (χ1) is 41.4. The number of aromatic hydroxyl groups is 2. The van der Waals surface area contributed by atoms with Crippen LogP contribution >= 0.6 is 0 Å². The van der Waals surface area contributed by atoms with Crippen molar-refractivity contribution >= 4 is 40.2 Å². The zero-order valence-electron chi connectivity index (χ0n) is 51.4. The molecule has 6 aliphatic rings. The van der Waals surface area contributed by atoms with Crippen molar-refractivity contribution in [1.29, 1.82) is 0 Å². The molecule has 0 aromatic heterocycles. The zero-order valence-corrected chi connectivity index (χ0v) is 51.4. The number of methoxy groups -OCH3 is 2. The van der Waals surface area contributed by atoms with Crippen molar-refractivity contribution in [2.75, 3.05) is 14.2 Å². The van der Waals surface area contributed by atoms with Gasteiger partial charge in [0.15, 0.2) is 37.0 Å². The van der Waals surface area contributed by atoms with E-state index in [0.717, 1.165) is 0 Å². The van der Waals surface area contributed by atoms with E-state index in [9.17, 15) is 55.2 Å². The summed E-state index contributed by atoms with van der Waals surface area (Å²) in [7, 11) is 2.69. The van der Waals surface area contributed by atoms with Gasteiger partial charge in [-0.2, -0.15) is 5.10 Å². The number of phenolic OH excluding ortho intramolecular Hbond substituents is 2. The van der Waals surface area contributed by atoms with Crippen molar-refractivity contribution in [2.45, 2.75) is 255 Å². The van der Waals surface area contributed by atoms with Crippen molar-refractivity contribution in [2.24, 2.45) is 22.7 Å². The highest BCUT2D eigenvalue weighted by molar-refractivity contribution is 6.11. The predicted molar refractivity (Wildman–Crippen MR) is 302 cm³/mol. The van der Waals surface area contributed by atoms with Gasteiger partial charge in [-0.25, -0.2) is 10.2 Å². The number of primary amides is 1. The summed E-state index contributed by atoms with van der Waals surface area (Å²) < 4.78 is 84.9. The van der Waals surface area contributed by atoms with Gasteiger partial charge in [-0.05, 0) is 78.0 Å². The SMILES string of the molecule is COC(/C(=N/NC(N)=O)C(O)C(C)O)C1Cc2cc3cc(OC4CC(OC(C)=O)C(OC5CC(O)C(OC)C(C)O5)C(C)O4)cc(O)c3c(O)c2C(=O)C1OC1CC(OC2CC(OC3CC(C)(O)C(OC(=O)C(C)C)C(C)O3)C(O)C(C)O2)C(O)C(C)O1. The molecule has 0 bridgehead atoms. The van der Waals surface area contributed by atoms with Gasteiger partial charge in [0.1, 0.15) is 71.7 Å². The van der Waals surface area contributed by atoms with E-state index in [4.69, 9.17) is 72.0 Å². The number of carbonyl (C=O) groups excluding carboxylic acids is 4. The molecule has 0 radical (unpaired) electrons. The first kappa shape index (κ1) is 68.9. The number of amides is 2. The molecular weight excluding hydrogens is 1170 g/mol. The fourth-order valence-electron chi connectivity index (χ4n) is 12.6. The monoisotopic (exact) mass is 1250 g/mol. The predicted octanol–water partition coefficient (Wildman–Crippen LogP) is 1.33. The quantitative estimate of drug-likeness (QED) is 0.0508. The number of hydrazone groups is 1. The number of carbonyl (C=O) groups is 4. The lowest BCUT2D eigenvalue weighted by molar-refractivity contribution is -0.334. The number of nitrogens with zero attached hydrogens (tertiary/aromatic N) is 1. The number of hydrogen-bond donors (Lipinski definition) is 10. The van der Waals surface area contributed by atoms with Crippen molar-refractivity contribution in [3.63, 3.8) is 0 Å². The minimum atomic E-state index is -1.83. The van der Waals surface area contributed by atoms with Crippen LogP contribution in [0.1, 0.15) is 117 Å². The van der Waals surface area contributed by atoms with Gasteiger partial charge in [0.2, 0.25) is 6.29 Å². The Labute approximate surface area is 508 Å². The zero-order chi connectivity index (χ0) is 64.5. The lowest BCUT2D eigenvalue weighted by Gasteiger charge is -2.47. The third kappa shape index (κ3) is 15.5. The van der Waals surface area contributed by atoms with Gasteiger partial charge in [-0.15, -0.1) is 0 Å². The molecule has 2 aromatic rings. The average molecular weight is 1250 g/mol. The van der Waals surface area contributed by atoms with Gasteiger partial charge >= 0.3 is 18.0 Å². The number of esters is 2. The number of nitrogens with one attached hydrogen (secondary N) is 1. The molecule has 1 aliphatic carbocycles. The maximum atomic E-state index is 15.3. The highest BCUT2D eigenvalue weighted by atomic mass is 16.7. The Morgan fingerprint density at radius 1 is 0.739 bits per heavy atom. The molecule has 25 unspecified atom stereocenters. The average Bonchev–Trinajstić information content (AvgIpc) is 0.801. The van der Waals surface area contributed by atoms with Crippen molar-refractivity contribution in [1.82, 2.24) is 5.43 Å². The molecule has 29 heteroatoms. The lowest BCUT2D eigenvalue weighted by Crippen LogP contribution is -2.59. The Hall–Kier alpha value is -5.03. The van der Waals surface area contributed by atoms with Crippen LogP contribution in [0.2, 0.25) is 0 Å². The minimum absolute atomic E-state index is 0.0278. The summed E-state index contributed by atoms with van der Waals surface area (Å²) in [5.74, 6) is -4.86. The number of phenols is 2. The summed E-state index contributed by atoms with van der Waals surface area (Å²) in [5.41, 5.74) is 5.38. The summed E-state index contributed by atoms with van der Waals surface area (Å²) >= 11 is 0. The highest BCUT2D eigenvalue weighted by Gasteiger charge is 2.52. The van der Waals surface area contributed by atoms with Crippen LogP contribution in [0.15, 0.2) is 23.3 Å². The third-order valence-corrected chi connectivity index (χ3v) is 17.0. The normalized spacial score (nSPS) is 38.4. The maximum absolute atomic E-state index is 15.3. The molecule has 25 atom stereocenters. The Balaban J connectivity index is 1.05. The van der Waals surface area contributed by atoms with E-state index in [0.29, 0.717) is 0 Å². The Kier molecular flexibility index (Phi) is 22.4. The smallest absolute Gasteiger partial charge is 0.332 e. The van der Waals surface area contributed by atoms with Crippen LogP contribution in [0.25, 0.3) is 10.8 Å². The molecule has 2 amide bonds. The molecule has 0 saturated carbocycles.